The number of halogens is 1. The Morgan fingerprint density at radius 2 is 1.79 bits per heavy atom. The second kappa shape index (κ2) is 8.14. The molecule has 1 unspecified atom stereocenters. The molecule has 0 saturated heterocycles. The summed E-state index contributed by atoms with van der Waals surface area (Å²) in [5.41, 5.74) is 6.26. The van der Waals surface area contributed by atoms with E-state index in [2.05, 4.69) is 4.72 Å². The van der Waals surface area contributed by atoms with Gasteiger partial charge in [-0.05, 0) is 43.4 Å². The van der Waals surface area contributed by atoms with Gasteiger partial charge < -0.3 is 5.73 Å². The highest BCUT2D eigenvalue weighted by Crippen LogP contribution is 2.29. The topological polar surface area (TPSA) is 106 Å². The lowest BCUT2D eigenvalue weighted by Gasteiger charge is -2.23. The standard InChI is InChI=1S/C15H24N2O4S2.ClH/c1-11-7-8-13(22(2,18)19)9-15(11)23(20,21)17-14(10-16)12-5-3-4-6-12;/h7-9,12,14,17H,3-6,10,16H2,1-2H3;1H. The Bertz CT molecular complexity index is 773. The zero-order chi connectivity index (χ0) is 17.3. The Kier molecular flexibility index (Phi) is 7.25. The van der Waals surface area contributed by atoms with E-state index in [0.29, 0.717) is 5.56 Å². The van der Waals surface area contributed by atoms with E-state index in [9.17, 15) is 16.8 Å². The van der Waals surface area contributed by atoms with Crippen molar-refractivity contribution < 1.29 is 16.8 Å². The van der Waals surface area contributed by atoms with Crippen LogP contribution >= 0.6 is 12.4 Å². The second-order valence-electron chi connectivity index (χ2n) is 6.21. The van der Waals surface area contributed by atoms with E-state index in [0.717, 1.165) is 31.9 Å². The Hall–Kier alpha value is -0.670. The van der Waals surface area contributed by atoms with Crippen LogP contribution < -0.4 is 10.5 Å². The van der Waals surface area contributed by atoms with Crippen LogP contribution in [0.2, 0.25) is 0 Å². The number of nitrogens with two attached hydrogens (primary N) is 1. The molecular weight excluding hydrogens is 372 g/mol. The summed E-state index contributed by atoms with van der Waals surface area (Å²) in [7, 11) is -7.29. The average molecular weight is 397 g/mol. The summed E-state index contributed by atoms with van der Waals surface area (Å²) in [6.07, 6.45) is 5.17. The molecule has 1 aromatic rings. The maximum atomic E-state index is 12.7. The minimum absolute atomic E-state index is 0. The molecule has 0 aliphatic heterocycles. The minimum atomic E-state index is -3.82. The average Bonchev–Trinajstić information content (AvgIpc) is 2.97. The normalized spacial score (nSPS) is 17.5. The lowest BCUT2D eigenvalue weighted by molar-refractivity contribution is 0.405. The largest absolute Gasteiger partial charge is 0.329 e. The number of nitrogens with one attached hydrogen (secondary N) is 1. The molecule has 3 N–H and O–H groups in total. The van der Waals surface area contributed by atoms with E-state index in [1.165, 1.54) is 18.2 Å². The molecule has 0 spiro atoms. The van der Waals surface area contributed by atoms with Crippen molar-refractivity contribution in [2.24, 2.45) is 11.7 Å². The number of benzene rings is 1. The van der Waals surface area contributed by atoms with Crippen LogP contribution in [0.5, 0.6) is 0 Å². The first-order valence-corrected chi connectivity index (χ1v) is 11.1. The van der Waals surface area contributed by atoms with Crippen LogP contribution in [0.15, 0.2) is 28.0 Å². The van der Waals surface area contributed by atoms with Gasteiger partial charge in [0, 0.05) is 18.8 Å². The second-order valence-corrected chi connectivity index (χ2v) is 9.91. The Morgan fingerprint density at radius 1 is 1.21 bits per heavy atom. The van der Waals surface area contributed by atoms with Gasteiger partial charge in [-0.25, -0.2) is 21.6 Å². The van der Waals surface area contributed by atoms with Crippen molar-refractivity contribution in [3.05, 3.63) is 23.8 Å². The molecule has 0 bridgehead atoms. The van der Waals surface area contributed by atoms with Crippen molar-refractivity contribution in [1.82, 2.24) is 4.72 Å². The van der Waals surface area contributed by atoms with E-state index in [1.807, 2.05) is 0 Å². The first-order valence-electron chi connectivity index (χ1n) is 7.68. The summed E-state index contributed by atoms with van der Waals surface area (Å²) in [5.74, 6) is 0.244. The van der Waals surface area contributed by atoms with Gasteiger partial charge in [0.15, 0.2) is 9.84 Å². The molecule has 0 amide bonds. The number of hydrogen-bond donors (Lipinski definition) is 2. The van der Waals surface area contributed by atoms with Crippen LogP contribution in [0.3, 0.4) is 0 Å². The molecule has 1 aliphatic rings. The van der Waals surface area contributed by atoms with Crippen LogP contribution in [0, 0.1) is 12.8 Å². The maximum absolute atomic E-state index is 12.7. The van der Waals surface area contributed by atoms with Crippen molar-refractivity contribution in [2.45, 2.75) is 48.4 Å². The SMILES string of the molecule is Cc1ccc(S(C)(=O)=O)cc1S(=O)(=O)NC(CN)C1CCCC1.Cl. The zero-order valence-corrected chi connectivity index (χ0v) is 16.3. The summed E-state index contributed by atoms with van der Waals surface area (Å²) in [6.45, 7) is 1.88. The van der Waals surface area contributed by atoms with Gasteiger partial charge >= 0.3 is 0 Å². The first-order chi connectivity index (χ1) is 10.6. The van der Waals surface area contributed by atoms with Crippen molar-refractivity contribution in [2.75, 3.05) is 12.8 Å². The molecule has 1 saturated carbocycles. The molecule has 6 nitrogen and oxygen atoms in total. The Balaban J connectivity index is 0.00000288. The molecule has 2 rings (SSSR count). The fraction of sp³-hybridized carbons (Fsp3) is 0.600. The van der Waals surface area contributed by atoms with Gasteiger partial charge in [-0.15, -0.1) is 12.4 Å². The number of aryl methyl sites for hydroxylation is 1. The predicted molar refractivity (Wildman–Crippen MR) is 96.7 cm³/mol. The van der Waals surface area contributed by atoms with E-state index in [4.69, 9.17) is 5.73 Å². The highest BCUT2D eigenvalue weighted by Gasteiger charge is 2.29. The van der Waals surface area contributed by atoms with Gasteiger partial charge in [0.2, 0.25) is 10.0 Å². The maximum Gasteiger partial charge on any atom is 0.241 e. The minimum Gasteiger partial charge on any atom is -0.329 e. The summed E-state index contributed by atoms with van der Waals surface area (Å²) >= 11 is 0. The molecule has 138 valence electrons. The van der Waals surface area contributed by atoms with Gasteiger partial charge in [-0.2, -0.15) is 0 Å². The quantitative estimate of drug-likeness (QED) is 0.759. The van der Waals surface area contributed by atoms with Gasteiger partial charge in [0.05, 0.1) is 9.79 Å². The molecule has 0 aromatic heterocycles. The van der Waals surface area contributed by atoms with Crippen LogP contribution in [0.25, 0.3) is 0 Å². The van der Waals surface area contributed by atoms with Crippen LogP contribution in [-0.4, -0.2) is 35.7 Å². The third kappa shape index (κ3) is 4.92. The predicted octanol–water partition coefficient (Wildman–Crippen LogP) is 1.62. The van der Waals surface area contributed by atoms with Crippen LogP contribution in [0.4, 0.5) is 0 Å². The lowest BCUT2D eigenvalue weighted by atomic mass is 9.99. The molecule has 1 aliphatic carbocycles. The molecule has 0 radical (unpaired) electrons. The Morgan fingerprint density at radius 3 is 2.29 bits per heavy atom. The molecule has 9 heteroatoms. The summed E-state index contributed by atoms with van der Waals surface area (Å²) < 4.78 is 51.4. The molecule has 0 heterocycles. The highest BCUT2D eigenvalue weighted by molar-refractivity contribution is 7.91. The van der Waals surface area contributed by atoms with E-state index >= 15 is 0 Å². The third-order valence-corrected chi connectivity index (χ3v) is 7.15. The summed E-state index contributed by atoms with van der Waals surface area (Å²) in [5, 5.41) is 0. The summed E-state index contributed by atoms with van der Waals surface area (Å²) in [4.78, 5) is -0.00879. The summed E-state index contributed by atoms with van der Waals surface area (Å²) in [6, 6.07) is 3.83. The fourth-order valence-electron chi connectivity index (χ4n) is 3.06. The molecule has 1 atom stereocenters. The third-order valence-electron chi connectivity index (χ3n) is 4.41. The van der Waals surface area contributed by atoms with Gasteiger partial charge in [-0.1, -0.05) is 18.9 Å². The van der Waals surface area contributed by atoms with E-state index < -0.39 is 19.9 Å². The molecule has 24 heavy (non-hydrogen) atoms. The lowest BCUT2D eigenvalue weighted by Crippen LogP contribution is -2.44. The number of sulfone groups is 1. The Labute approximate surface area is 150 Å². The van der Waals surface area contributed by atoms with Crippen molar-refractivity contribution in [1.29, 1.82) is 0 Å². The smallest absolute Gasteiger partial charge is 0.241 e. The first kappa shape index (κ1) is 21.4. The van der Waals surface area contributed by atoms with E-state index in [1.54, 1.807) is 6.92 Å². The van der Waals surface area contributed by atoms with Crippen LogP contribution in [0.1, 0.15) is 31.2 Å². The molecular formula is C15H25ClN2O4S2. The molecule has 1 fully saturated rings. The number of sulfonamides is 1. The van der Waals surface area contributed by atoms with Gasteiger partial charge in [0.25, 0.3) is 0 Å². The van der Waals surface area contributed by atoms with Crippen molar-refractivity contribution in [3.8, 4) is 0 Å². The van der Waals surface area contributed by atoms with Gasteiger partial charge in [0.1, 0.15) is 0 Å². The fourth-order valence-corrected chi connectivity index (χ4v) is 5.37. The molecule has 1 aromatic carbocycles. The monoisotopic (exact) mass is 396 g/mol. The van der Waals surface area contributed by atoms with Gasteiger partial charge in [-0.3, -0.25) is 0 Å². The number of hydrogen-bond acceptors (Lipinski definition) is 5. The van der Waals surface area contributed by atoms with E-state index in [-0.39, 0.29) is 40.7 Å². The van der Waals surface area contributed by atoms with Crippen molar-refractivity contribution >= 4 is 32.3 Å². The van der Waals surface area contributed by atoms with Crippen LogP contribution in [-0.2, 0) is 19.9 Å². The number of rotatable bonds is 6. The highest BCUT2D eigenvalue weighted by atomic mass is 35.5. The zero-order valence-electron chi connectivity index (χ0n) is 13.9. The van der Waals surface area contributed by atoms with Crippen molar-refractivity contribution in [3.63, 3.8) is 0 Å².